The number of H-pyrrole nitrogens is 1. The molecule has 0 aliphatic carbocycles. The summed E-state index contributed by atoms with van der Waals surface area (Å²) in [7, 11) is 2.02. The molecular weight excluding hydrogens is 497 g/mol. The molecule has 2 aromatic rings. The van der Waals surface area contributed by atoms with Gasteiger partial charge in [-0.3, -0.25) is 9.59 Å². The zero-order chi connectivity index (χ0) is 27.0. The minimum absolute atomic E-state index is 0.200. The number of nitrogens with zero attached hydrogens (tertiary/aromatic N) is 4. The Balaban J connectivity index is 1.49. The first-order chi connectivity index (χ1) is 18.2. The van der Waals surface area contributed by atoms with Crippen molar-refractivity contribution in [1.82, 2.24) is 19.9 Å². The highest BCUT2D eigenvalue weighted by Crippen LogP contribution is 2.36. The van der Waals surface area contributed by atoms with Crippen molar-refractivity contribution < 1.29 is 18.0 Å². The summed E-state index contributed by atoms with van der Waals surface area (Å²) in [5.74, 6) is -1.19. The number of carbonyl (C=O) groups is 1. The first-order valence-electron chi connectivity index (χ1n) is 13.0. The van der Waals surface area contributed by atoms with Crippen LogP contribution in [0.1, 0.15) is 47.7 Å². The minimum Gasteiger partial charge on any atom is -0.367 e. The van der Waals surface area contributed by atoms with Gasteiger partial charge in [0.2, 0.25) is 5.56 Å². The molecule has 0 radical (unpaired) electrons. The number of halogens is 3. The maximum absolute atomic E-state index is 15.6. The summed E-state index contributed by atoms with van der Waals surface area (Å²) in [6.07, 6.45) is 2.27. The maximum Gasteiger partial charge on any atom is 0.264 e. The van der Waals surface area contributed by atoms with Gasteiger partial charge in [-0.25, -0.2) is 23.2 Å². The molecule has 0 unspecified atom stereocenters. The van der Waals surface area contributed by atoms with Gasteiger partial charge in [0.05, 0.1) is 16.9 Å². The summed E-state index contributed by atoms with van der Waals surface area (Å²) in [4.78, 5) is 31.3. The molecule has 4 heterocycles. The number of rotatable bonds is 6. The van der Waals surface area contributed by atoms with E-state index in [1.807, 2.05) is 18.0 Å². The van der Waals surface area contributed by atoms with Gasteiger partial charge in [-0.2, -0.15) is 0 Å². The molecule has 0 spiro atoms. The van der Waals surface area contributed by atoms with Crippen molar-refractivity contribution in [2.45, 2.75) is 32.2 Å². The molecule has 1 atom stereocenters. The monoisotopic (exact) mass is 530 g/mol. The molecule has 0 saturated carbocycles. The molecule has 2 saturated heterocycles. The van der Waals surface area contributed by atoms with E-state index in [0.29, 0.717) is 43.1 Å². The molecule has 11 heteroatoms. The van der Waals surface area contributed by atoms with Crippen molar-refractivity contribution in [2.24, 2.45) is 0 Å². The number of alkyl halides is 2. The number of benzene rings is 1. The van der Waals surface area contributed by atoms with Crippen LogP contribution in [-0.4, -0.2) is 84.7 Å². The molecule has 1 amide bonds. The number of hydrogen-bond donors (Lipinski definition) is 2. The van der Waals surface area contributed by atoms with Gasteiger partial charge in [-0.05, 0) is 44.5 Å². The van der Waals surface area contributed by atoms with Gasteiger partial charge in [0.25, 0.3) is 12.3 Å². The number of piperazine rings is 1. The van der Waals surface area contributed by atoms with Crippen molar-refractivity contribution in [3.05, 3.63) is 63.3 Å². The molecular formula is C27H33F3N6O2. The van der Waals surface area contributed by atoms with E-state index < -0.39 is 29.3 Å². The third kappa shape index (κ3) is 5.36. The van der Waals surface area contributed by atoms with Gasteiger partial charge in [0.15, 0.2) is 0 Å². The van der Waals surface area contributed by atoms with Crippen LogP contribution in [0.5, 0.6) is 0 Å². The third-order valence-corrected chi connectivity index (χ3v) is 7.80. The van der Waals surface area contributed by atoms with Crippen molar-refractivity contribution in [3.63, 3.8) is 0 Å². The van der Waals surface area contributed by atoms with Crippen LogP contribution in [0, 0.1) is 5.82 Å². The molecule has 1 aromatic heterocycles. The fourth-order valence-corrected chi connectivity index (χ4v) is 5.43. The van der Waals surface area contributed by atoms with E-state index in [1.54, 1.807) is 6.07 Å². The number of pyridine rings is 1. The van der Waals surface area contributed by atoms with Crippen molar-refractivity contribution in [1.29, 1.82) is 0 Å². The highest BCUT2D eigenvalue weighted by Gasteiger charge is 2.29. The van der Waals surface area contributed by atoms with Gasteiger partial charge >= 0.3 is 0 Å². The van der Waals surface area contributed by atoms with Crippen LogP contribution in [-0.2, 0) is 0 Å². The number of carbonyl (C=O) groups excluding carboxylic acids is 1. The van der Waals surface area contributed by atoms with E-state index in [0.717, 1.165) is 50.3 Å². The molecule has 1 aromatic carbocycles. The number of amides is 1. The van der Waals surface area contributed by atoms with Crippen LogP contribution in [0.2, 0.25) is 0 Å². The lowest BCUT2D eigenvalue weighted by atomic mass is 10.0. The first-order valence-corrected chi connectivity index (χ1v) is 13.0. The molecule has 204 valence electrons. The Morgan fingerprint density at radius 1 is 1.11 bits per heavy atom. The molecule has 0 bridgehead atoms. The van der Waals surface area contributed by atoms with Crippen molar-refractivity contribution in [3.8, 4) is 0 Å². The van der Waals surface area contributed by atoms with E-state index in [2.05, 4.69) is 32.1 Å². The lowest BCUT2D eigenvalue weighted by Gasteiger charge is -2.39. The van der Waals surface area contributed by atoms with Gasteiger partial charge in [-0.15, -0.1) is 0 Å². The smallest absolute Gasteiger partial charge is 0.264 e. The van der Waals surface area contributed by atoms with Gasteiger partial charge < -0.3 is 20.1 Å². The highest BCUT2D eigenvalue weighted by atomic mass is 19.3. The minimum atomic E-state index is -3.00. The average Bonchev–Trinajstić information content (AvgIpc) is 3.59. The molecule has 8 nitrogen and oxygen atoms in total. The molecule has 2 N–H and O–H groups in total. The standard InChI is InChI=1S/C27H33F3N6O2/c1-17-15-34(10-9-33(17)2)24-13-22(28)19(18-5-8-36(16-18)35-6-3-4-7-35)11-23(24)32-27(38)21-14-31-25(37)12-20(21)26(29)30/h5,11-14,17,26H,3-4,6-10,15-16H2,1-2H3,(H,31,37)(H,32,38)/t17-/m0/s1. The summed E-state index contributed by atoms with van der Waals surface area (Å²) in [5.41, 5.74) is 0.340. The SMILES string of the molecule is C[C@H]1CN(c2cc(F)c(C3=CCN(N4CCCC4)C3)cc2NC(=O)c2c[nH]c(=O)cc2C(F)F)CCN1C. The Morgan fingerprint density at radius 3 is 2.58 bits per heavy atom. The molecule has 3 aliphatic heterocycles. The number of hydrogen-bond acceptors (Lipinski definition) is 6. The van der Waals surface area contributed by atoms with E-state index in [4.69, 9.17) is 0 Å². The Morgan fingerprint density at radius 2 is 1.87 bits per heavy atom. The second-order valence-corrected chi connectivity index (χ2v) is 10.3. The zero-order valence-corrected chi connectivity index (χ0v) is 21.6. The van der Waals surface area contributed by atoms with Gasteiger partial charge in [0, 0.05) is 75.2 Å². The number of nitrogens with one attached hydrogen (secondary N) is 2. The second-order valence-electron chi connectivity index (χ2n) is 10.3. The van der Waals surface area contributed by atoms with Crippen LogP contribution in [0.3, 0.4) is 0 Å². The Kier molecular flexibility index (Phi) is 7.60. The third-order valence-electron chi connectivity index (χ3n) is 7.80. The van der Waals surface area contributed by atoms with Crippen molar-refractivity contribution in [2.75, 3.05) is 63.1 Å². The summed E-state index contributed by atoms with van der Waals surface area (Å²) in [6.45, 7) is 7.27. The number of likely N-dealkylation sites (N-methyl/N-ethyl adjacent to an activating group) is 1. The van der Waals surface area contributed by atoms with Gasteiger partial charge in [-0.1, -0.05) is 6.08 Å². The van der Waals surface area contributed by atoms with E-state index in [-0.39, 0.29) is 11.6 Å². The molecule has 38 heavy (non-hydrogen) atoms. The topological polar surface area (TPSA) is 74.9 Å². The van der Waals surface area contributed by atoms with E-state index >= 15 is 4.39 Å². The normalized spacial score (nSPS) is 21.4. The largest absolute Gasteiger partial charge is 0.367 e. The average molecular weight is 531 g/mol. The fourth-order valence-electron chi connectivity index (χ4n) is 5.43. The summed E-state index contributed by atoms with van der Waals surface area (Å²) >= 11 is 0. The predicted octanol–water partition coefficient (Wildman–Crippen LogP) is 3.55. The Bertz CT molecular complexity index is 1290. The molecule has 2 fully saturated rings. The predicted molar refractivity (Wildman–Crippen MR) is 141 cm³/mol. The van der Waals surface area contributed by atoms with Crippen LogP contribution in [0.25, 0.3) is 5.57 Å². The van der Waals surface area contributed by atoms with Crippen LogP contribution >= 0.6 is 0 Å². The van der Waals surface area contributed by atoms with Crippen LogP contribution in [0.4, 0.5) is 24.5 Å². The number of hydrazine groups is 1. The molecule has 5 rings (SSSR count). The molecule has 3 aliphatic rings. The number of aromatic nitrogens is 1. The second kappa shape index (κ2) is 10.9. The number of aromatic amines is 1. The lowest BCUT2D eigenvalue weighted by molar-refractivity contribution is 0.0293. The van der Waals surface area contributed by atoms with Gasteiger partial charge in [0.1, 0.15) is 5.82 Å². The van der Waals surface area contributed by atoms with E-state index in [1.165, 1.54) is 6.07 Å². The Hall–Kier alpha value is -3.15. The highest BCUT2D eigenvalue weighted by molar-refractivity contribution is 6.07. The van der Waals surface area contributed by atoms with E-state index in [9.17, 15) is 18.4 Å². The van der Waals surface area contributed by atoms with Crippen molar-refractivity contribution >= 4 is 22.9 Å². The summed E-state index contributed by atoms with van der Waals surface area (Å²) in [6, 6.07) is 3.97. The Labute approximate surface area is 219 Å². The van der Waals surface area contributed by atoms with Crippen LogP contribution in [0.15, 0.2) is 35.3 Å². The first kappa shape index (κ1) is 26.5. The zero-order valence-electron chi connectivity index (χ0n) is 21.6. The fraction of sp³-hybridized carbons (Fsp3) is 0.481. The summed E-state index contributed by atoms with van der Waals surface area (Å²) in [5, 5.41) is 7.24. The maximum atomic E-state index is 15.6. The quantitative estimate of drug-likeness (QED) is 0.595. The summed E-state index contributed by atoms with van der Waals surface area (Å²) < 4.78 is 42.9. The number of anilines is 2. The lowest BCUT2D eigenvalue weighted by Crippen LogP contribution is -2.50. The van der Waals surface area contributed by atoms with Crippen LogP contribution < -0.4 is 15.8 Å².